The van der Waals surface area contributed by atoms with Crippen molar-refractivity contribution in [2.75, 3.05) is 31.5 Å². The highest BCUT2D eigenvalue weighted by Crippen LogP contribution is 2.56. The molecule has 150 valence electrons. The van der Waals surface area contributed by atoms with E-state index in [-0.39, 0.29) is 6.03 Å². The zero-order valence-electron chi connectivity index (χ0n) is 15.8. The summed E-state index contributed by atoms with van der Waals surface area (Å²) < 4.78 is -1.81. The van der Waals surface area contributed by atoms with Crippen molar-refractivity contribution < 1.29 is 4.79 Å². The number of likely N-dealkylation sites (N-methyl/N-ethyl adjacent to an activating group) is 1. The van der Waals surface area contributed by atoms with Gasteiger partial charge in [0.1, 0.15) is 5.54 Å². The summed E-state index contributed by atoms with van der Waals surface area (Å²) in [5, 5.41) is 2.90. The third kappa shape index (κ3) is 3.57. The number of amides is 2. The highest BCUT2D eigenvalue weighted by Gasteiger charge is 2.59. The van der Waals surface area contributed by atoms with E-state index < -0.39 is 9.33 Å². The second-order valence-corrected chi connectivity index (χ2v) is 8.89. The number of aromatic nitrogens is 1. The number of anilines is 1. The zero-order chi connectivity index (χ0) is 20.4. The number of nitrogens with one attached hydrogen (secondary N) is 1. The minimum absolute atomic E-state index is 0.317. The van der Waals surface area contributed by atoms with Gasteiger partial charge in [-0.3, -0.25) is 4.98 Å². The van der Waals surface area contributed by atoms with Gasteiger partial charge in [0.05, 0.1) is 11.9 Å². The SMILES string of the molecule is CCN(CC)CCN1C(=O)Nc2cnccc2C1(c1ccccc1)C(Cl)(Cl)Cl. The van der Waals surface area contributed by atoms with E-state index in [0.29, 0.717) is 24.3 Å². The first-order chi connectivity index (χ1) is 13.4. The lowest BCUT2D eigenvalue weighted by Crippen LogP contribution is -2.62. The molecule has 0 spiro atoms. The van der Waals surface area contributed by atoms with Crippen LogP contribution in [0.25, 0.3) is 0 Å². The minimum Gasteiger partial charge on any atom is -0.306 e. The molecule has 1 aliphatic rings. The quantitative estimate of drug-likeness (QED) is 0.650. The predicted octanol–water partition coefficient (Wildman–Crippen LogP) is 4.88. The van der Waals surface area contributed by atoms with Gasteiger partial charge in [0, 0.05) is 24.8 Å². The smallest absolute Gasteiger partial charge is 0.306 e. The molecule has 0 bridgehead atoms. The molecule has 1 unspecified atom stereocenters. The van der Waals surface area contributed by atoms with Crippen molar-refractivity contribution in [1.29, 1.82) is 0 Å². The summed E-state index contributed by atoms with van der Waals surface area (Å²) in [6.07, 6.45) is 3.23. The van der Waals surface area contributed by atoms with Gasteiger partial charge < -0.3 is 15.1 Å². The first kappa shape index (κ1) is 21.2. The topological polar surface area (TPSA) is 48.5 Å². The number of benzene rings is 1. The maximum absolute atomic E-state index is 13.2. The number of alkyl halides is 3. The molecular weight excluding hydrogens is 419 g/mol. The molecular formula is C20H23Cl3N4O. The van der Waals surface area contributed by atoms with Gasteiger partial charge in [-0.25, -0.2) is 4.79 Å². The van der Waals surface area contributed by atoms with Crippen LogP contribution < -0.4 is 5.32 Å². The molecule has 1 aliphatic heterocycles. The summed E-state index contributed by atoms with van der Waals surface area (Å²) in [6, 6.07) is 10.9. The molecule has 3 rings (SSSR count). The Morgan fingerprint density at radius 1 is 1.14 bits per heavy atom. The summed E-state index contributed by atoms with van der Waals surface area (Å²) in [7, 11) is 0. The first-order valence-electron chi connectivity index (χ1n) is 9.24. The maximum Gasteiger partial charge on any atom is 0.323 e. The second-order valence-electron chi connectivity index (χ2n) is 6.60. The Hall–Kier alpha value is -1.53. The molecule has 2 aromatic rings. The first-order valence-corrected chi connectivity index (χ1v) is 10.4. The van der Waals surface area contributed by atoms with Gasteiger partial charge in [-0.05, 0) is 24.7 Å². The number of pyridine rings is 1. The number of halogens is 3. The van der Waals surface area contributed by atoms with Crippen LogP contribution in [-0.2, 0) is 5.54 Å². The number of carbonyl (C=O) groups excluding carboxylic acids is 1. The third-order valence-corrected chi connectivity index (χ3v) is 6.06. The van der Waals surface area contributed by atoms with E-state index in [0.717, 1.165) is 18.7 Å². The van der Waals surface area contributed by atoms with Crippen LogP contribution in [0.15, 0.2) is 48.8 Å². The predicted molar refractivity (Wildman–Crippen MR) is 115 cm³/mol. The number of carbonyl (C=O) groups is 1. The van der Waals surface area contributed by atoms with E-state index in [9.17, 15) is 4.79 Å². The van der Waals surface area contributed by atoms with Crippen molar-refractivity contribution in [1.82, 2.24) is 14.8 Å². The van der Waals surface area contributed by atoms with E-state index in [2.05, 4.69) is 29.0 Å². The molecule has 0 aliphatic carbocycles. The van der Waals surface area contributed by atoms with Gasteiger partial charge in [0.25, 0.3) is 0 Å². The fourth-order valence-electron chi connectivity index (χ4n) is 3.80. The van der Waals surface area contributed by atoms with E-state index in [1.165, 1.54) is 0 Å². The van der Waals surface area contributed by atoms with E-state index >= 15 is 0 Å². The van der Waals surface area contributed by atoms with Gasteiger partial charge in [0.15, 0.2) is 0 Å². The monoisotopic (exact) mass is 440 g/mol. The fourth-order valence-corrected chi connectivity index (χ4v) is 4.74. The normalized spacial score (nSPS) is 19.5. The van der Waals surface area contributed by atoms with Crippen LogP contribution in [0.1, 0.15) is 25.0 Å². The largest absolute Gasteiger partial charge is 0.323 e. The number of fused-ring (bicyclic) bond motifs is 1. The Morgan fingerprint density at radius 2 is 1.82 bits per heavy atom. The number of nitrogens with zero attached hydrogens (tertiary/aromatic N) is 3. The van der Waals surface area contributed by atoms with Crippen molar-refractivity contribution in [3.05, 3.63) is 59.9 Å². The fraction of sp³-hybridized carbons (Fsp3) is 0.400. The molecule has 0 saturated carbocycles. The van der Waals surface area contributed by atoms with Crippen molar-refractivity contribution in [2.24, 2.45) is 0 Å². The summed E-state index contributed by atoms with van der Waals surface area (Å²) >= 11 is 19.9. The number of hydrogen-bond donors (Lipinski definition) is 1. The summed E-state index contributed by atoms with van der Waals surface area (Å²) in [5.74, 6) is 0. The highest BCUT2D eigenvalue weighted by atomic mass is 35.6. The Labute approximate surface area is 180 Å². The van der Waals surface area contributed by atoms with Crippen LogP contribution in [0.5, 0.6) is 0 Å². The lowest BCUT2D eigenvalue weighted by atomic mass is 9.80. The van der Waals surface area contributed by atoms with Crippen LogP contribution in [0.4, 0.5) is 10.5 Å². The van der Waals surface area contributed by atoms with Gasteiger partial charge in [-0.1, -0.05) is 79.0 Å². The number of urea groups is 1. The molecule has 5 nitrogen and oxygen atoms in total. The minimum atomic E-state index is -1.81. The second kappa shape index (κ2) is 8.46. The maximum atomic E-state index is 13.2. The Morgan fingerprint density at radius 3 is 2.43 bits per heavy atom. The molecule has 8 heteroatoms. The van der Waals surface area contributed by atoms with Gasteiger partial charge in [-0.2, -0.15) is 0 Å². The Kier molecular flexibility index (Phi) is 6.40. The van der Waals surface area contributed by atoms with E-state index in [1.54, 1.807) is 23.4 Å². The molecule has 1 atom stereocenters. The standard InChI is InChI=1S/C20H23Cl3N4O/c1-3-26(4-2)12-13-27-18(28)25-17-14-24-11-10-16(17)19(27,20(21,22)23)15-8-6-5-7-9-15/h5-11,14H,3-4,12-13H2,1-2H3,(H,25,28). The molecule has 1 N–H and O–H groups in total. The van der Waals surface area contributed by atoms with Crippen molar-refractivity contribution >= 4 is 46.5 Å². The number of rotatable bonds is 6. The van der Waals surface area contributed by atoms with Crippen LogP contribution >= 0.6 is 34.8 Å². The summed E-state index contributed by atoms with van der Waals surface area (Å²) in [6.45, 7) is 6.98. The van der Waals surface area contributed by atoms with Crippen LogP contribution in [0, 0.1) is 0 Å². The Bertz CT molecular complexity index is 824. The molecule has 2 amide bonds. The third-order valence-electron chi connectivity index (χ3n) is 5.24. The summed E-state index contributed by atoms with van der Waals surface area (Å²) in [5.41, 5.74) is 0.693. The average molecular weight is 442 g/mol. The van der Waals surface area contributed by atoms with Crippen molar-refractivity contribution in [2.45, 2.75) is 23.2 Å². The lowest BCUT2D eigenvalue weighted by molar-refractivity contribution is 0.130. The zero-order valence-corrected chi connectivity index (χ0v) is 18.1. The van der Waals surface area contributed by atoms with Crippen LogP contribution in [0.2, 0.25) is 0 Å². The van der Waals surface area contributed by atoms with E-state index in [1.807, 2.05) is 30.3 Å². The summed E-state index contributed by atoms with van der Waals surface area (Å²) in [4.78, 5) is 21.2. The van der Waals surface area contributed by atoms with Gasteiger partial charge in [-0.15, -0.1) is 0 Å². The van der Waals surface area contributed by atoms with Crippen LogP contribution in [-0.4, -0.2) is 50.8 Å². The molecule has 1 aromatic carbocycles. The molecule has 2 heterocycles. The highest BCUT2D eigenvalue weighted by molar-refractivity contribution is 6.68. The van der Waals surface area contributed by atoms with E-state index in [4.69, 9.17) is 34.8 Å². The van der Waals surface area contributed by atoms with Gasteiger partial charge in [0.2, 0.25) is 3.79 Å². The van der Waals surface area contributed by atoms with Crippen molar-refractivity contribution in [3.63, 3.8) is 0 Å². The number of hydrogen-bond acceptors (Lipinski definition) is 3. The molecule has 0 saturated heterocycles. The molecule has 1 aromatic heterocycles. The Balaban J connectivity index is 2.23. The van der Waals surface area contributed by atoms with Crippen LogP contribution in [0.3, 0.4) is 0 Å². The average Bonchev–Trinajstić information content (AvgIpc) is 2.68. The molecule has 0 radical (unpaired) electrons. The van der Waals surface area contributed by atoms with Crippen molar-refractivity contribution in [3.8, 4) is 0 Å². The lowest BCUT2D eigenvalue weighted by Gasteiger charge is -2.52. The molecule has 0 fully saturated rings. The van der Waals surface area contributed by atoms with Gasteiger partial charge >= 0.3 is 6.03 Å². The molecule has 28 heavy (non-hydrogen) atoms.